The van der Waals surface area contributed by atoms with Crippen molar-refractivity contribution < 1.29 is 18.3 Å². The maximum absolute atomic E-state index is 12.8. The van der Waals surface area contributed by atoms with Gasteiger partial charge in [0.1, 0.15) is 15.9 Å². The van der Waals surface area contributed by atoms with E-state index >= 15 is 0 Å². The van der Waals surface area contributed by atoms with Crippen molar-refractivity contribution in [3.8, 4) is 11.3 Å². The van der Waals surface area contributed by atoms with Crippen molar-refractivity contribution in [1.82, 2.24) is 25.0 Å². The van der Waals surface area contributed by atoms with Gasteiger partial charge < -0.3 is 5.11 Å². The third kappa shape index (κ3) is 2.67. The fraction of sp³-hybridized carbons (Fsp3) is 0.333. The molecule has 144 valence electrons. The van der Waals surface area contributed by atoms with Crippen LogP contribution in [0.2, 0.25) is 0 Å². The highest BCUT2D eigenvalue weighted by Gasteiger charge is 2.56. The number of thiophene rings is 1. The van der Waals surface area contributed by atoms with E-state index in [-0.39, 0.29) is 12.8 Å². The van der Waals surface area contributed by atoms with E-state index in [9.17, 15) is 18.3 Å². The molecule has 0 radical (unpaired) electrons. The van der Waals surface area contributed by atoms with Crippen LogP contribution in [0.4, 0.5) is 13.2 Å². The normalized spacial score (nSPS) is 22.7. The lowest BCUT2D eigenvalue weighted by molar-refractivity contribution is -0.241. The SMILES string of the molecule is Cn1nnc2cc(-c3ccc4cc(C5(O)CC(C(F)(F)F)C5)sc4n3)cnc21. The third-order valence-electron chi connectivity index (χ3n) is 5.21. The quantitative estimate of drug-likeness (QED) is 0.549. The van der Waals surface area contributed by atoms with Gasteiger partial charge in [-0.3, -0.25) is 0 Å². The molecule has 4 heterocycles. The molecular formula is C18H14F3N5OS. The summed E-state index contributed by atoms with van der Waals surface area (Å²) in [6.45, 7) is 0. The molecule has 6 nitrogen and oxygen atoms in total. The molecule has 1 aliphatic carbocycles. The van der Waals surface area contributed by atoms with Gasteiger partial charge in [-0.25, -0.2) is 14.6 Å². The second-order valence-corrected chi connectivity index (χ2v) is 8.19. The predicted octanol–water partition coefficient (Wildman–Crippen LogP) is 3.80. The van der Waals surface area contributed by atoms with Gasteiger partial charge >= 0.3 is 6.18 Å². The van der Waals surface area contributed by atoms with Gasteiger partial charge in [0, 0.05) is 29.1 Å². The minimum absolute atomic E-state index is 0.302. The minimum Gasteiger partial charge on any atom is -0.384 e. The van der Waals surface area contributed by atoms with Crippen LogP contribution in [0.5, 0.6) is 0 Å². The Kier molecular flexibility index (Phi) is 3.57. The van der Waals surface area contributed by atoms with E-state index in [1.54, 1.807) is 24.0 Å². The van der Waals surface area contributed by atoms with Gasteiger partial charge in [0.15, 0.2) is 5.65 Å². The molecule has 1 saturated carbocycles. The van der Waals surface area contributed by atoms with Crippen molar-refractivity contribution in [3.05, 3.63) is 35.3 Å². The minimum atomic E-state index is -4.26. The van der Waals surface area contributed by atoms with Crippen molar-refractivity contribution in [2.45, 2.75) is 24.6 Å². The fourth-order valence-corrected chi connectivity index (χ4v) is 4.70. The van der Waals surface area contributed by atoms with E-state index in [1.165, 1.54) is 11.3 Å². The molecule has 5 rings (SSSR count). The number of alkyl halides is 3. The summed E-state index contributed by atoms with van der Waals surface area (Å²) in [7, 11) is 1.76. The number of fused-ring (bicyclic) bond motifs is 2. The molecule has 0 bridgehead atoms. The molecule has 0 saturated heterocycles. The van der Waals surface area contributed by atoms with Crippen molar-refractivity contribution in [2.75, 3.05) is 0 Å². The first-order chi connectivity index (χ1) is 13.2. The predicted molar refractivity (Wildman–Crippen MR) is 97.6 cm³/mol. The van der Waals surface area contributed by atoms with Crippen LogP contribution in [-0.4, -0.2) is 36.2 Å². The van der Waals surface area contributed by atoms with Crippen LogP contribution >= 0.6 is 11.3 Å². The summed E-state index contributed by atoms with van der Waals surface area (Å²) in [4.78, 5) is 10.1. The smallest absolute Gasteiger partial charge is 0.384 e. The summed E-state index contributed by atoms with van der Waals surface area (Å²) in [6.07, 6.45) is -3.19. The fourth-order valence-electron chi connectivity index (χ4n) is 3.56. The van der Waals surface area contributed by atoms with E-state index in [1.807, 2.05) is 18.2 Å². The molecule has 0 amide bonds. The van der Waals surface area contributed by atoms with Gasteiger partial charge in [-0.05, 0) is 37.1 Å². The zero-order chi connectivity index (χ0) is 19.7. The number of aryl methyl sites for hydroxylation is 1. The van der Waals surface area contributed by atoms with Crippen LogP contribution in [0.25, 0.3) is 32.6 Å². The van der Waals surface area contributed by atoms with Crippen LogP contribution in [0.1, 0.15) is 17.7 Å². The summed E-state index contributed by atoms with van der Waals surface area (Å²) in [5, 5.41) is 19.3. The Morgan fingerprint density at radius 2 is 2.04 bits per heavy atom. The number of nitrogens with zero attached hydrogens (tertiary/aromatic N) is 5. The number of aliphatic hydroxyl groups is 1. The average Bonchev–Trinajstić information content (AvgIpc) is 3.21. The Morgan fingerprint density at radius 3 is 2.79 bits per heavy atom. The number of halogens is 3. The molecule has 0 aliphatic heterocycles. The molecule has 0 atom stereocenters. The van der Waals surface area contributed by atoms with E-state index in [0.717, 1.165) is 10.9 Å². The summed E-state index contributed by atoms with van der Waals surface area (Å²) >= 11 is 1.23. The van der Waals surface area contributed by atoms with Crippen LogP contribution in [0.15, 0.2) is 30.5 Å². The molecule has 1 fully saturated rings. The zero-order valence-corrected chi connectivity index (χ0v) is 15.4. The first kappa shape index (κ1) is 17.5. The molecule has 1 aliphatic rings. The lowest BCUT2D eigenvalue weighted by Gasteiger charge is -2.43. The Labute approximate surface area is 160 Å². The highest BCUT2D eigenvalue weighted by Crippen LogP contribution is 2.54. The lowest BCUT2D eigenvalue weighted by Crippen LogP contribution is -2.46. The topological polar surface area (TPSA) is 76.7 Å². The van der Waals surface area contributed by atoms with Crippen LogP contribution in [-0.2, 0) is 12.6 Å². The molecule has 1 N–H and O–H groups in total. The first-order valence-electron chi connectivity index (χ1n) is 8.59. The summed E-state index contributed by atoms with van der Waals surface area (Å²) in [5.74, 6) is -1.45. The number of pyridine rings is 2. The van der Waals surface area contributed by atoms with Gasteiger partial charge in [-0.15, -0.1) is 16.4 Å². The van der Waals surface area contributed by atoms with Crippen LogP contribution < -0.4 is 0 Å². The van der Waals surface area contributed by atoms with Crippen molar-refractivity contribution in [3.63, 3.8) is 0 Å². The Morgan fingerprint density at radius 1 is 1.25 bits per heavy atom. The summed E-state index contributed by atoms with van der Waals surface area (Å²) in [6, 6.07) is 7.24. The second kappa shape index (κ2) is 5.71. The molecule has 4 aromatic rings. The molecule has 0 aromatic carbocycles. The van der Waals surface area contributed by atoms with Gasteiger partial charge in [0.25, 0.3) is 0 Å². The summed E-state index contributed by atoms with van der Waals surface area (Å²) < 4.78 is 39.9. The molecular weight excluding hydrogens is 391 g/mol. The first-order valence-corrected chi connectivity index (χ1v) is 9.41. The Hall–Kier alpha value is -2.59. The van der Waals surface area contributed by atoms with Crippen LogP contribution in [0.3, 0.4) is 0 Å². The number of hydrogen-bond acceptors (Lipinski definition) is 6. The number of rotatable bonds is 2. The molecule has 28 heavy (non-hydrogen) atoms. The summed E-state index contributed by atoms with van der Waals surface area (Å²) in [5.41, 5.74) is 1.33. The van der Waals surface area contributed by atoms with Crippen molar-refractivity contribution in [1.29, 1.82) is 0 Å². The van der Waals surface area contributed by atoms with Crippen molar-refractivity contribution in [2.24, 2.45) is 13.0 Å². The standard InChI is InChI=1S/C18H14F3N5OS/c1-26-15-13(24-25-26)4-10(8-22-15)12-3-2-9-5-14(28-16(9)23-12)17(27)6-11(7-17)18(19,20)21/h2-5,8,11,27H,6-7H2,1H3. The maximum atomic E-state index is 12.8. The molecule has 0 unspecified atom stereocenters. The van der Waals surface area contributed by atoms with E-state index in [2.05, 4.69) is 20.3 Å². The number of aromatic nitrogens is 5. The highest BCUT2D eigenvalue weighted by molar-refractivity contribution is 7.18. The van der Waals surface area contributed by atoms with E-state index in [0.29, 0.717) is 26.6 Å². The van der Waals surface area contributed by atoms with Gasteiger partial charge in [0.05, 0.1) is 11.6 Å². The molecule has 10 heteroatoms. The average molecular weight is 405 g/mol. The monoisotopic (exact) mass is 405 g/mol. The van der Waals surface area contributed by atoms with Gasteiger partial charge in [0.2, 0.25) is 0 Å². The lowest BCUT2D eigenvalue weighted by atomic mass is 9.69. The van der Waals surface area contributed by atoms with E-state index < -0.39 is 17.7 Å². The Bertz CT molecular complexity index is 1210. The van der Waals surface area contributed by atoms with Gasteiger partial charge in [-0.2, -0.15) is 13.2 Å². The Balaban J connectivity index is 1.48. The number of hydrogen-bond donors (Lipinski definition) is 1. The third-order valence-corrected chi connectivity index (χ3v) is 6.45. The van der Waals surface area contributed by atoms with Gasteiger partial charge in [-0.1, -0.05) is 5.21 Å². The maximum Gasteiger partial charge on any atom is 0.392 e. The highest BCUT2D eigenvalue weighted by atomic mass is 32.1. The molecule has 0 spiro atoms. The van der Waals surface area contributed by atoms with E-state index in [4.69, 9.17) is 0 Å². The zero-order valence-electron chi connectivity index (χ0n) is 14.6. The van der Waals surface area contributed by atoms with Crippen molar-refractivity contribution >= 4 is 32.7 Å². The largest absolute Gasteiger partial charge is 0.392 e. The van der Waals surface area contributed by atoms with Crippen LogP contribution in [0, 0.1) is 5.92 Å². The molecule has 4 aromatic heterocycles. The second-order valence-electron chi connectivity index (χ2n) is 7.16.